The molecule has 0 aliphatic heterocycles. The molecule has 0 saturated carbocycles. The molecule has 0 aliphatic carbocycles. The van der Waals surface area contributed by atoms with Crippen LogP contribution in [0.4, 0.5) is 0 Å². The zero-order valence-electron chi connectivity index (χ0n) is 10.6. The largest absolute Gasteiger partial charge is 0.423 e. The number of hydrogen-bond acceptors (Lipinski definition) is 3. The third-order valence-corrected chi connectivity index (χ3v) is 3.46. The number of hydrogen-bond donors (Lipinski definition) is 0. The molecular formula is C14H17ClN2O. The van der Waals surface area contributed by atoms with Gasteiger partial charge in [0, 0.05) is 0 Å². The highest BCUT2D eigenvalue weighted by Gasteiger charge is 2.25. The SMILES string of the molecule is CCC(C)C(c1ccccc1)c1nnc(CCl)o1. The Labute approximate surface area is 112 Å². The van der Waals surface area contributed by atoms with E-state index in [1.165, 1.54) is 5.56 Å². The topological polar surface area (TPSA) is 38.9 Å². The van der Waals surface area contributed by atoms with E-state index in [4.69, 9.17) is 16.0 Å². The standard InChI is InChI=1S/C14H17ClN2O/c1-3-10(2)13(11-7-5-4-6-8-11)14-17-16-12(9-15)18-14/h4-8,10,13H,3,9H2,1-2H3. The molecule has 96 valence electrons. The Bertz CT molecular complexity index is 484. The van der Waals surface area contributed by atoms with Crippen molar-refractivity contribution >= 4 is 11.6 Å². The number of alkyl halides is 1. The Balaban J connectivity index is 2.37. The Hall–Kier alpha value is -1.35. The molecule has 1 aromatic carbocycles. The van der Waals surface area contributed by atoms with E-state index in [1.54, 1.807) is 0 Å². The van der Waals surface area contributed by atoms with Crippen molar-refractivity contribution in [1.82, 2.24) is 10.2 Å². The number of nitrogens with zero attached hydrogens (tertiary/aromatic N) is 2. The van der Waals surface area contributed by atoms with Crippen molar-refractivity contribution < 1.29 is 4.42 Å². The maximum Gasteiger partial charge on any atom is 0.231 e. The summed E-state index contributed by atoms with van der Waals surface area (Å²) in [4.78, 5) is 0. The molecule has 0 fully saturated rings. The molecule has 4 heteroatoms. The zero-order chi connectivity index (χ0) is 13.0. The number of benzene rings is 1. The smallest absolute Gasteiger partial charge is 0.231 e. The second-order valence-corrected chi connectivity index (χ2v) is 4.71. The molecule has 0 aliphatic rings. The Kier molecular flexibility index (Phi) is 4.37. The summed E-state index contributed by atoms with van der Waals surface area (Å²) in [7, 11) is 0. The third-order valence-electron chi connectivity index (χ3n) is 3.23. The van der Waals surface area contributed by atoms with Gasteiger partial charge >= 0.3 is 0 Å². The van der Waals surface area contributed by atoms with E-state index in [9.17, 15) is 0 Å². The minimum absolute atomic E-state index is 0.140. The van der Waals surface area contributed by atoms with Crippen molar-refractivity contribution in [2.75, 3.05) is 0 Å². The van der Waals surface area contributed by atoms with Crippen molar-refractivity contribution in [2.24, 2.45) is 5.92 Å². The quantitative estimate of drug-likeness (QED) is 0.767. The van der Waals surface area contributed by atoms with E-state index in [1.807, 2.05) is 18.2 Å². The Morgan fingerprint density at radius 1 is 1.22 bits per heavy atom. The zero-order valence-corrected chi connectivity index (χ0v) is 11.4. The summed E-state index contributed by atoms with van der Waals surface area (Å²) in [5, 5.41) is 8.08. The molecular weight excluding hydrogens is 248 g/mol. The molecule has 2 rings (SSSR count). The molecule has 0 N–H and O–H groups in total. The lowest BCUT2D eigenvalue weighted by molar-refractivity contribution is 0.381. The molecule has 1 heterocycles. The van der Waals surface area contributed by atoms with Gasteiger partial charge in [-0.1, -0.05) is 50.6 Å². The van der Waals surface area contributed by atoms with Crippen LogP contribution in [0.15, 0.2) is 34.7 Å². The summed E-state index contributed by atoms with van der Waals surface area (Å²) >= 11 is 5.71. The fraction of sp³-hybridized carbons (Fsp3) is 0.429. The van der Waals surface area contributed by atoms with Crippen LogP contribution in [0.1, 0.15) is 43.5 Å². The van der Waals surface area contributed by atoms with Crippen LogP contribution in [-0.2, 0) is 5.88 Å². The van der Waals surface area contributed by atoms with E-state index in [0.717, 1.165) is 6.42 Å². The maximum absolute atomic E-state index is 5.71. The highest BCUT2D eigenvalue weighted by molar-refractivity contribution is 6.16. The Morgan fingerprint density at radius 3 is 2.50 bits per heavy atom. The summed E-state index contributed by atoms with van der Waals surface area (Å²) in [5.41, 5.74) is 1.21. The first kappa shape index (κ1) is 13.1. The van der Waals surface area contributed by atoms with Crippen molar-refractivity contribution in [3.8, 4) is 0 Å². The molecule has 0 spiro atoms. The summed E-state index contributed by atoms with van der Waals surface area (Å²) in [5.74, 6) is 1.98. The third kappa shape index (κ3) is 2.72. The summed E-state index contributed by atoms with van der Waals surface area (Å²) in [6, 6.07) is 10.3. The lowest BCUT2D eigenvalue weighted by Gasteiger charge is -2.19. The highest BCUT2D eigenvalue weighted by atomic mass is 35.5. The molecule has 0 bridgehead atoms. The first-order chi connectivity index (χ1) is 8.76. The van der Waals surface area contributed by atoms with Crippen LogP contribution in [0.5, 0.6) is 0 Å². The van der Waals surface area contributed by atoms with Gasteiger partial charge in [-0.3, -0.25) is 0 Å². The van der Waals surface area contributed by atoms with Crippen LogP contribution < -0.4 is 0 Å². The van der Waals surface area contributed by atoms with Gasteiger partial charge in [-0.25, -0.2) is 0 Å². The van der Waals surface area contributed by atoms with Gasteiger partial charge < -0.3 is 4.42 Å². The van der Waals surface area contributed by atoms with Crippen LogP contribution >= 0.6 is 11.6 Å². The minimum atomic E-state index is 0.140. The number of halogens is 1. The molecule has 2 atom stereocenters. The first-order valence-electron chi connectivity index (χ1n) is 6.19. The van der Waals surface area contributed by atoms with Crippen molar-refractivity contribution in [3.63, 3.8) is 0 Å². The molecule has 0 amide bonds. The van der Waals surface area contributed by atoms with E-state index in [2.05, 4.69) is 36.2 Å². The van der Waals surface area contributed by atoms with Crippen LogP contribution in [0.2, 0.25) is 0 Å². The molecule has 18 heavy (non-hydrogen) atoms. The van der Waals surface area contributed by atoms with Crippen LogP contribution in [-0.4, -0.2) is 10.2 Å². The second-order valence-electron chi connectivity index (χ2n) is 4.44. The molecule has 2 unspecified atom stereocenters. The van der Waals surface area contributed by atoms with Gasteiger partial charge in [-0.2, -0.15) is 0 Å². The van der Waals surface area contributed by atoms with Gasteiger partial charge in [0.15, 0.2) is 0 Å². The summed E-state index contributed by atoms with van der Waals surface area (Å²) in [6.07, 6.45) is 1.05. The fourth-order valence-electron chi connectivity index (χ4n) is 2.06. The maximum atomic E-state index is 5.71. The molecule has 0 saturated heterocycles. The lowest BCUT2D eigenvalue weighted by atomic mass is 9.85. The normalized spacial score (nSPS) is 14.4. The van der Waals surface area contributed by atoms with Gasteiger partial charge in [0.2, 0.25) is 11.8 Å². The number of rotatable bonds is 5. The van der Waals surface area contributed by atoms with E-state index in [-0.39, 0.29) is 11.8 Å². The van der Waals surface area contributed by atoms with Crippen LogP contribution in [0, 0.1) is 5.92 Å². The van der Waals surface area contributed by atoms with Gasteiger partial charge in [-0.15, -0.1) is 21.8 Å². The van der Waals surface area contributed by atoms with Crippen LogP contribution in [0.25, 0.3) is 0 Å². The van der Waals surface area contributed by atoms with Gasteiger partial charge in [-0.05, 0) is 11.5 Å². The van der Waals surface area contributed by atoms with Gasteiger partial charge in [0.25, 0.3) is 0 Å². The number of aromatic nitrogens is 2. The average Bonchev–Trinajstić information content (AvgIpc) is 2.88. The van der Waals surface area contributed by atoms with Gasteiger partial charge in [0.1, 0.15) is 5.88 Å². The van der Waals surface area contributed by atoms with Crippen LogP contribution in [0.3, 0.4) is 0 Å². The van der Waals surface area contributed by atoms with Gasteiger partial charge in [0.05, 0.1) is 5.92 Å². The lowest BCUT2D eigenvalue weighted by Crippen LogP contribution is -2.11. The summed E-state index contributed by atoms with van der Waals surface area (Å²) in [6.45, 7) is 4.36. The molecule has 1 aromatic heterocycles. The predicted octanol–water partition coefficient (Wildman–Crippen LogP) is 3.99. The van der Waals surface area contributed by atoms with Crippen molar-refractivity contribution in [3.05, 3.63) is 47.7 Å². The van der Waals surface area contributed by atoms with E-state index in [0.29, 0.717) is 17.7 Å². The van der Waals surface area contributed by atoms with Crippen molar-refractivity contribution in [1.29, 1.82) is 0 Å². The van der Waals surface area contributed by atoms with E-state index < -0.39 is 0 Å². The molecule has 2 aromatic rings. The summed E-state index contributed by atoms with van der Waals surface area (Å²) < 4.78 is 5.62. The monoisotopic (exact) mass is 264 g/mol. The fourth-order valence-corrected chi connectivity index (χ4v) is 2.16. The minimum Gasteiger partial charge on any atom is -0.423 e. The second kappa shape index (κ2) is 6.01. The molecule has 3 nitrogen and oxygen atoms in total. The van der Waals surface area contributed by atoms with Crippen molar-refractivity contribution in [2.45, 2.75) is 32.1 Å². The van der Waals surface area contributed by atoms with E-state index >= 15 is 0 Å². The first-order valence-corrected chi connectivity index (χ1v) is 6.72. The Morgan fingerprint density at radius 2 is 1.94 bits per heavy atom. The molecule has 0 radical (unpaired) electrons. The predicted molar refractivity (Wildman–Crippen MR) is 71.6 cm³/mol. The average molecular weight is 265 g/mol. The highest BCUT2D eigenvalue weighted by Crippen LogP contribution is 2.32.